The Hall–Kier alpha value is -2.15. The summed E-state index contributed by atoms with van der Waals surface area (Å²) in [6.07, 6.45) is -22.3. The molecule has 0 aromatic heterocycles. The number of benzene rings is 2. The van der Waals surface area contributed by atoms with E-state index in [9.17, 15) is 57.5 Å². The van der Waals surface area contributed by atoms with E-state index in [1.807, 2.05) is 0 Å². The van der Waals surface area contributed by atoms with Crippen LogP contribution in [0.3, 0.4) is 0 Å². The lowest BCUT2D eigenvalue weighted by molar-refractivity contribution is -0.184. The molecule has 188 valence electrons. The van der Waals surface area contributed by atoms with E-state index in [2.05, 4.69) is 0 Å². The topological polar surface area (TPSA) is 17.1 Å². The molecule has 2 unspecified atom stereocenters. The molecule has 2 rings (SSSR count). The van der Waals surface area contributed by atoms with Crippen LogP contribution >= 0.6 is 23.2 Å². The number of carbonyl (C=O) groups excluding carboxylic acids is 1. The van der Waals surface area contributed by atoms with E-state index in [0.29, 0.717) is 0 Å². The van der Waals surface area contributed by atoms with Crippen molar-refractivity contribution >= 4 is 29.0 Å². The predicted molar refractivity (Wildman–Crippen MR) is 95.5 cm³/mol. The summed E-state index contributed by atoms with van der Waals surface area (Å²) in [7, 11) is 0. The van der Waals surface area contributed by atoms with Gasteiger partial charge >= 0.3 is 24.7 Å². The van der Waals surface area contributed by atoms with Crippen LogP contribution < -0.4 is 0 Å². The van der Waals surface area contributed by atoms with Crippen LogP contribution in [0.4, 0.5) is 52.7 Å². The summed E-state index contributed by atoms with van der Waals surface area (Å²) >= 11 is 10.8. The Kier molecular flexibility index (Phi) is 7.55. The fourth-order valence-electron chi connectivity index (χ4n) is 3.08. The second-order valence-electron chi connectivity index (χ2n) is 6.89. The van der Waals surface area contributed by atoms with E-state index in [4.69, 9.17) is 23.2 Å². The molecule has 0 spiro atoms. The highest BCUT2D eigenvalue weighted by molar-refractivity contribution is 6.31. The molecule has 0 saturated heterocycles. The van der Waals surface area contributed by atoms with E-state index < -0.39 is 74.6 Å². The first-order valence-corrected chi connectivity index (χ1v) is 9.30. The highest BCUT2D eigenvalue weighted by atomic mass is 35.5. The summed E-state index contributed by atoms with van der Waals surface area (Å²) in [6, 6.07) is 0.343. The van der Waals surface area contributed by atoms with Gasteiger partial charge in [0, 0.05) is 10.0 Å². The minimum absolute atomic E-state index is 0.177. The molecule has 0 bridgehead atoms. The third kappa shape index (κ3) is 6.49. The molecule has 34 heavy (non-hydrogen) atoms. The van der Waals surface area contributed by atoms with Crippen molar-refractivity contribution in [1.82, 2.24) is 0 Å². The summed E-state index contributed by atoms with van der Waals surface area (Å²) in [5.41, 5.74) is -6.74. The monoisotopic (exact) mass is 550 g/mol. The first-order valence-electron chi connectivity index (χ1n) is 8.55. The van der Waals surface area contributed by atoms with Gasteiger partial charge in [-0.15, -0.1) is 0 Å². The lowest BCUT2D eigenvalue weighted by Gasteiger charge is -2.27. The molecule has 15 heteroatoms. The van der Waals surface area contributed by atoms with Gasteiger partial charge < -0.3 is 0 Å². The molecule has 0 heterocycles. The Morgan fingerprint density at radius 3 is 1.09 bits per heavy atom. The van der Waals surface area contributed by atoms with Crippen LogP contribution in [0, 0.1) is 0 Å². The summed E-state index contributed by atoms with van der Waals surface area (Å²) in [5, 5.41) is -1.95. The molecular weight excluding hydrogens is 543 g/mol. The number of alkyl halides is 12. The van der Waals surface area contributed by atoms with Crippen LogP contribution in [-0.2, 0) is 17.1 Å². The molecule has 0 aliphatic heterocycles. The maximum absolute atomic E-state index is 13.7. The summed E-state index contributed by atoms with van der Waals surface area (Å²) in [4.78, 5) is 12.6. The number of ketones is 1. The molecular formula is C19H8Cl2F12O. The number of hydrogen-bond acceptors (Lipinski definition) is 1. The van der Waals surface area contributed by atoms with Crippen molar-refractivity contribution in [3.05, 3.63) is 68.7 Å². The average Bonchev–Trinajstić information content (AvgIpc) is 2.56. The van der Waals surface area contributed by atoms with Crippen molar-refractivity contribution in [1.29, 1.82) is 0 Å². The van der Waals surface area contributed by atoms with Gasteiger partial charge in [0.2, 0.25) is 0 Å². The maximum atomic E-state index is 13.7. The van der Waals surface area contributed by atoms with Crippen molar-refractivity contribution < 1.29 is 57.5 Å². The number of halogens is 14. The van der Waals surface area contributed by atoms with Crippen molar-refractivity contribution in [2.24, 2.45) is 0 Å². The molecule has 0 aliphatic rings. The molecule has 2 aromatic rings. The van der Waals surface area contributed by atoms with E-state index in [-0.39, 0.29) is 36.4 Å². The van der Waals surface area contributed by atoms with E-state index >= 15 is 0 Å². The summed E-state index contributed by atoms with van der Waals surface area (Å²) in [5.74, 6) is -10.4. The zero-order chi connectivity index (χ0) is 26.4. The Morgan fingerprint density at radius 1 is 0.559 bits per heavy atom. The van der Waals surface area contributed by atoms with Crippen molar-refractivity contribution in [2.45, 2.75) is 36.5 Å². The number of Topliss-reactive ketones (excluding diaryl/α,β-unsaturated/α-hetero) is 1. The Labute approximate surface area is 192 Å². The molecule has 0 fully saturated rings. The fourth-order valence-corrected chi connectivity index (χ4v) is 3.57. The molecule has 2 aromatic carbocycles. The van der Waals surface area contributed by atoms with Gasteiger partial charge in [-0.3, -0.25) is 4.79 Å². The molecule has 0 amide bonds. The third-order valence-electron chi connectivity index (χ3n) is 4.39. The SMILES string of the molecule is O=C(C(c1cc(Cl)cc(C(F)(F)F)c1)C(F)(F)F)C(c1cc(Cl)cc(C(F)(F)F)c1)C(F)(F)F. The van der Waals surface area contributed by atoms with Crippen LogP contribution in [0.15, 0.2) is 36.4 Å². The highest BCUT2D eigenvalue weighted by Gasteiger charge is 2.56. The first-order chi connectivity index (χ1) is 15.1. The van der Waals surface area contributed by atoms with Crippen LogP contribution in [-0.4, -0.2) is 18.1 Å². The maximum Gasteiger partial charge on any atom is 0.416 e. The largest absolute Gasteiger partial charge is 0.416 e. The predicted octanol–water partition coefficient (Wildman–Crippen LogP) is 8.59. The lowest BCUT2D eigenvalue weighted by atomic mass is 9.82. The van der Waals surface area contributed by atoms with E-state index in [1.54, 1.807) is 0 Å². The van der Waals surface area contributed by atoms with Gasteiger partial charge in [0.05, 0.1) is 11.1 Å². The molecule has 0 aliphatic carbocycles. The molecule has 0 N–H and O–H groups in total. The highest BCUT2D eigenvalue weighted by Crippen LogP contribution is 2.47. The third-order valence-corrected chi connectivity index (χ3v) is 4.82. The van der Waals surface area contributed by atoms with Gasteiger partial charge in [-0.05, 0) is 47.5 Å². The number of rotatable bonds is 4. The number of carbonyl (C=O) groups is 1. The van der Waals surface area contributed by atoms with Gasteiger partial charge in [0.1, 0.15) is 11.8 Å². The molecule has 0 radical (unpaired) electrons. The van der Waals surface area contributed by atoms with E-state index in [0.717, 1.165) is 0 Å². The minimum atomic E-state index is -5.88. The van der Waals surface area contributed by atoms with Gasteiger partial charge in [0.25, 0.3) is 0 Å². The second kappa shape index (κ2) is 9.14. The van der Waals surface area contributed by atoms with Gasteiger partial charge in [-0.2, -0.15) is 52.7 Å². The Bertz CT molecular complexity index is 983. The number of hydrogen-bond donors (Lipinski definition) is 0. The van der Waals surface area contributed by atoms with Crippen LogP contribution in [0.1, 0.15) is 34.1 Å². The normalized spacial score (nSPS) is 15.2. The van der Waals surface area contributed by atoms with Crippen molar-refractivity contribution in [3.63, 3.8) is 0 Å². The zero-order valence-corrected chi connectivity index (χ0v) is 17.3. The van der Waals surface area contributed by atoms with Crippen molar-refractivity contribution in [3.8, 4) is 0 Å². The summed E-state index contributed by atoms with van der Waals surface area (Å²) in [6.45, 7) is 0. The quantitative estimate of drug-likeness (QED) is 0.348. The van der Waals surface area contributed by atoms with E-state index in [1.165, 1.54) is 0 Å². The van der Waals surface area contributed by atoms with Gasteiger partial charge in [-0.25, -0.2) is 0 Å². The molecule has 0 saturated carbocycles. The smallest absolute Gasteiger partial charge is 0.298 e. The van der Waals surface area contributed by atoms with Crippen LogP contribution in [0.25, 0.3) is 0 Å². The lowest BCUT2D eigenvalue weighted by Crippen LogP contribution is -2.38. The minimum Gasteiger partial charge on any atom is -0.298 e. The fraction of sp³-hybridized carbons (Fsp3) is 0.316. The first kappa shape index (κ1) is 28.1. The van der Waals surface area contributed by atoms with Gasteiger partial charge in [0.15, 0.2) is 5.78 Å². The standard InChI is InChI=1S/C19H8Cl2F12O/c20-11-3-7(1-9(5-11)16(22,23)24)13(18(28,29)30)15(34)14(19(31,32)33)8-2-10(17(25,26)27)6-12(21)4-8/h1-6,13-14H. The Balaban J connectivity index is 2.78. The molecule has 2 atom stereocenters. The van der Waals surface area contributed by atoms with Crippen molar-refractivity contribution in [2.75, 3.05) is 0 Å². The Morgan fingerprint density at radius 2 is 0.853 bits per heavy atom. The van der Waals surface area contributed by atoms with Crippen LogP contribution in [0.2, 0.25) is 10.0 Å². The van der Waals surface area contributed by atoms with Gasteiger partial charge in [-0.1, -0.05) is 23.2 Å². The van der Waals surface area contributed by atoms with Crippen LogP contribution in [0.5, 0.6) is 0 Å². The zero-order valence-electron chi connectivity index (χ0n) is 15.8. The summed E-state index contributed by atoms with van der Waals surface area (Å²) < 4.78 is 160. The molecule has 1 nitrogen and oxygen atoms in total. The average molecular weight is 551 g/mol. The second-order valence-corrected chi connectivity index (χ2v) is 7.77.